The van der Waals surface area contributed by atoms with Crippen LogP contribution in [0, 0.1) is 23.6 Å². The van der Waals surface area contributed by atoms with Gasteiger partial charge in [0.05, 0.1) is 23.5 Å². The highest BCUT2D eigenvalue weighted by Gasteiger charge is 2.53. The Kier molecular flexibility index (Phi) is 8.16. The first-order valence-corrected chi connectivity index (χ1v) is 16.9. The number of hydrogen-bond acceptors (Lipinski definition) is 7. The summed E-state index contributed by atoms with van der Waals surface area (Å²) >= 11 is 0. The van der Waals surface area contributed by atoms with Gasteiger partial charge in [0.25, 0.3) is 5.91 Å². The van der Waals surface area contributed by atoms with Crippen molar-refractivity contribution in [3.63, 3.8) is 0 Å². The number of carbonyl (C=O) groups excluding carboxylic acids is 2. The number of nitrogens with zero attached hydrogens (tertiary/aromatic N) is 6. The van der Waals surface area contributed by atoms with E-state index < -0.39 is 18.0 Å². The Balaban J connectivity index is 1.08. The number of halogens is 2. The number of benzene rings is 1. The summed E-state index contributed by atoms with van der Waals surface area (Å²) in [5.41, 5.74) is 1.68. The van der Waals surface area contributed by atoms with Gasteiger partial charge in [0.1, 0.15) is 24.0 Å². The number of anilines is 3. The minimum atomic E-state index is -0.900. The minimum absolute atomic E-state index is 0.0290. The van der Waals surface area contributed by atoms with Crippen LogP contribution in [0.4, 0.5) is 26.0 Å². The lowest BCUT2D eigenvalue weighted by molar-refractivity contribution is -0.140. The second-order valence-electron chi connectivity index (χ2n) is 13.9. The van der Waals surface area contributed by atoms with Crippen LogP contribution in [0.25, 0.3) is 0 Å². The van der Waals surface area contributed by atoms with E-state index in [1.165, 1.54) is 31.3 Å². The number of likely N-dealkylation sites (tertiary alicyclic amines) is 1. The highest BCUT2D eigenvalue weighted by molar-refractivity contribution is 6.01. The number of hydrogen-bond donors (Lipinski definition) is 1. The summed E-state index contributed by atoms with van der Waals surface area (Å²) in [5.74, 6) is 0.570. The van der Waals surface area contributed by atoms with Crippen molar-refractivity contribution in [1.82, 2.24) is 25.1 Å². The summed E-state index contributed by atoms with van der Waals surface area (Å²) < 4.78 is 30.2. The Bertz CT molecular complexity index is 1440. The molecule has 1 aromatic carbocycles. The Morgan fingerprint density at radius 3 is 2.64 bits per heavy atom. The molecular formula is C34H45F2N7O2. The van der Waals surface area contributed by atoms with Crippen molar-refractivity contribution < 1.29 is 18.4 Å². The molecule has 0 radical (unpaired) electrons. The van der Waals surface area contributed by atoms with Crippen LogP contribution in [0.5, 0.6) is 0 Å². The third-order valence-electron chi connectivity index (χ3n) is 11.0. The number of fused-ring (bicyclic) bond motifs is 4. The van der Waals surface area contributed by atoms with E-state index in [0.29, 0.717) is 49.9 Å². The summed E-state index contributed by atoms with van der Waals surface area (Å²) in [7, 11) is 0. The van der Waals surface area contributed by atoms with Crippen LogP contribution in [-0.2, 0) is 4.79 Å². The molecule has 242 valence electrons. The Morgan fingerprint density at radius 1 is 1.09 bits per heavy atom. The van der Waals surface area contributed by atoms with E-state index in [0.717, 1.165) is 37.2 Å². The van der Waals surface area contributed by atoms with Gasteiger partial charge < -0.3 is 24.9 Å². The van der Waals surface area contributed by atoms with Crippen molar-refractivity contribution >= 4 is 29.0 Å². The number of nitrogens with one attached hydrogen (secondary N) is 1. The summed E-state index contributed by atoms with van der Waals surface area (Å²) in [6.45, 7) is 8.69. The molecule has 5 heterocycles. The lowest BCUT2D eigenvalue weighted by Gasteiger charge is -2.50. The smallest absolute Gasteiger partial charge is 0.256 e. The van der Waals surface area contributed by atoms with E-state index in [1.807, 2.05) is 30.6 Å². The average molecular weight is 622 g/mol. The summed E-state index contributed by atoms with van der Waals surface area (Å²) in [6.07, 6.45) is 8.29. The zero-order valence-electron chi connectivity index (χ0n) is 26.5. The van der Waals surface area contributed by atoms with Crippen molar-refractivity contribution in [2.45, 2.75) is 89.6 Å². The van der Waals surface area contributed by atoms with Crippen molar-refractivity contribution in [1.29, 1.82) is 0 Å². The molecule has 9 nitrogen and oxygen atoms in total. The van der Waals surface area contributed by atoms with Gasteiger partial charge in [0, 0.05) is 62.7 Å². The van der Waals surface area contributed by atoms with Gasteiger partial charge in [-0.3, -0.25) is 9.59 Å². The molecule has 2 bridgehead atoms. The summed E-state index contributed by atoms with van der Waals surface area (Å²) in [4.78, 5) is 44.3. The van der Waals surface area contributed by atoms with Gasteiger partial charge in [0.15, 0.2) is 5.82 Å². The first kappa shape index (κ1) is 30.3. The van der Waals surface area contributed by atoms with E-state index >= 15 is 4.39 Å². The molecule has 45 heavy (non-hydrogen) atoms. The molecule has 0 spiro atoms. The molecule has 3 unspecified atom stereocenters. The normalized spacial score (nSPS) is 29.3. The largest absolute Gasteiger partial charge is 0.348 e. The van der Waals surface area contributed by atoms with E-state index in [9.17, 15) is 14.0 Å². The summed E-state index contributed by atoms with van der Waals surface area (Å²) in [5, 5.41) is 3.58. The molecule has 6 atom stereocenters. The molecular weight excluding hydrogens is 576 g/mol. The van der Waals surface area contributed by atoms with E-state index in [4.69, 9.17) is 0 Å². The standard InChI is InChI=1S/C34H45F2N7O2/c1-4-41(20(2)3)33(44)26-16-22(35)7-10-28(26)43-14-13-42(32-29(43)17-37-19-38-32)23-11-12-40(18-23)34(45)31-24-8-9-27(39-31)25(30(24)36)15-21-5-6-21/h7,10,16-17,19-21,23-25,27,30-31,39H,4-6,8-9,11-15,18H2,1-3H3/t23?,24?,25-,27?,30+,31+/m1/s1. The first-order chi connectivity index (χ1) is 21.7. The Hall–Kier alpha value is -3.34. The molecule has 2 aromatic rings. The van der Waals surface area contributed by atoms with Crippen molar-refractivity contribution in [3.8, 4) is 0 Å². The highest BCUT2D eigenvalue weighted by atomic mass is 19.1. The van der Waals surface area contributed by atoms with E-state index in [-0.39, 0.29) is 41.8 Å². The van der Waals surface area contributed by atoms with Gasteiger partial charge in [0.2, 0.25) is 5.91 Å². The van der Waals surface area contributed by atoms with Crippen LogP contribution in [-0.4, -0.2) is 94.6 Å². The third-order valence-corrected chi connectivity index (χ3v) is 11.0. The van der Waals surface area contributed by atoms with Crippen LogP contribution < -0.4 is 15.1 Å². The maximum atomic E-state index is 15.7. The van der Waals surface area contributed by atoms with Gasteiger partial charge in [-0.1, -0.05) is 12.8 Å². The van der Waals surface area contributed by atoms with Crippen LogP contribution >= 0.6 is 0 Å². The molecule has 5 fully saturated rings. The predicted molar refractivity (Wildman–Crippen MR) is 169 cm³/mol. The minimum Gasteiger partial charge on any atom is -0.348 e. The molecule has 6 aliphatic rings. The van der Waals surface area contributed by atoms with Gasteiger partial charge in [-0.05, 0) is 70.6 Å². The molecule has 2 amide bonds. The Morgan fingerprint density at radius 2 is 1.91 bits per heavy atom. The quantitative estimate of drug-likeness (QED) is 0.463. The van der Waals surface area contributed by atoms with Gasteiger partial charge in [-0.25, -0.2) is 18.7 Å². The molecule has 11 heteroatoms. The van der Waals surface area contributed by atoms with Crippen molar-refractivity contribution in [3.05, 3.63) is 42.1 Å². The van der Waals surface area contributed by atoms with Crippen LogP contribution in [0.3, 0.4) is 0 Å². The predicted octanol–water partition coefficient (Wildman–Crippen LogP) is 4.55. The Labute approximate surface area is 264 Å². The number of alkyl halides is 1. The molecule has 1 aromatic heterocycles. The van der Waals surface area contributed by atoms with Crippen LogP contribution in [0.1, 0.15) is 69.7 Å². The topological polar surface area (TPSA) is 84.9 Å². The molecule has 2 saturated carbocycles. The number of amides is 2. The average Bonchev–Trinajstić information content (AvgIpc) is 3.74. The molecule has 8 rings (SSSR count). The van der Waals surface area contributed by atoms with Crippen molar-refractivity contribution in [2.75, 3.05) is 42.5 Å². The molecule has 4 aliphatic heterocycles. The van der Waals surface area contributed by atoms with E-state index in [1.54, 1.807) is 17.2 Å². The lowest BCUT2D eigenvalue weighted by atomic mass is 9.67. The van der Waals surface area contributed by atoms with Crippen LogP contribution in [0.15, 0.2) is 30.7 Å². The lowest BCUT2D eigenvalue weighted by Crippen LogP contribution is -2.66. The van der Waals surface area contributed by atoms with Gasteiger partial charge >= 0.3 is 0 Å². The second-order valence-corrected chi connectivity index (χ2v) is 13.9. The zero-order valence-corrected chi connectivity index (χ0v) is 26.5. The third kappa shape index (κ3) is 5.55. The number of carbonyl (C=O) groups is 2. The summed E-state index contributed by atoms with van der Waals surface area (Å²) in [6, 6.07) is 4.05. The van der Waals surface area contributed by atoms with Gasteiger partial charge in [-0.15, -0.1) is 0 Å². The van der Waals surface area contributed by atoms with Crippen molar-refractivity contribution in [2.24, 2.45) is 17.8 Å². The fourth-order valence-corrected chi connectivity index (χ4v) is 8.46. The number of rotatable bonds is 8. The highest BCUT2D eigenvalue weighted by Crippen LogP contribution is 2.47. The molecule has 1 N–H and O–H groups in total. The fraction of sp³-hybridized carbons (Fsp3) is 0.647. The maximum absolute atomic E-state index is 15.7. The zero-order chi connectivity index (χ0) is 31.4. The maximum Gasteiger partial charge on any atom is 0.256 e. The number of aromatic nitrogens is 2. The second kappa shape index (κ2) is 12.1. The first-order valence-electron chi connectivity index (χ1n) is 16.9. The molecule has 3 saturated heterocycles. The van der Waals surface area contributed by atoms with Crippen LogP contribution in [0.2, 0.25) is 0 Å². The molecule has 2 aliphatic carbocycles. The monoisotopic (exact) mass is 621 g/mol. The van der Waals surface area contributed by atoms with E-state index in [2.05, 4.69) is 20.2 Å². The van der Waals surface area contributed by atoms with Gasteiger partial charge in [-0.2, -0.15) is 0 Å². The number of piperidine rings is 2. The SMILES string of the molecule is CCN(C(=O)c1cc(F)ccc1N1CCN(C2CCN(C(=O)[C@H]3NC4CCC3[C@H](F)[C@@H]4CC3CC3)C2)c2ncncc21)C(C)C. The fourth-order valence-electron chi connectivity index (χ4n) is 8.46.